The Hall–Kier alpha value is -3.61. The van der Waals surface area contributed by atoms with Crippen molar-refractivity contribution in [2.45, 2.75) is 101 Å². The second-order valence-corrected chi connectivity index (χ2v) is 14.2. The maximum atomic E-state index is 14.0. The van der Waals surface area contributed by atoms with Gasteiger partial charge in [-0.25, -0.2) is 9.59 Å². The summed E-state index contributed by atoms with van der Waals surface area (Å²) in [6.07, 6.45) is 4.59. The zero-order valence-electron chi connectivity index (χ0n) is 29.0. The molecular weight excluding hydrogens is 642 g/mol. The van der Waals surface area contributed by atoms with Crippen LogP contribution in [0.25, 0.3) is 0 Å². The number of amides is 3. The van der Waals surface area contributed by atoms with Gasteiger partial charge in [0.05, 0.1) is 30.9 Å². The van der Waals surface area contributed by atoms with Crippen LogP contribution < -0.4 is 15.0 Å². The van der Waals surface area contributed by atoms with Crippen LogP contribution >= 0.6 is 11.6 Å². The number of likely N-dealkylation sites (N-methyl/N-ethyl adjacent to an activating group) is 1. The molecule has 262 valence electrons. The van der Waals surface area contributed by atoms with E-state index in [1.54, 1.807) is 28.0 Å². The number of fused-ring (bicyclic) bond motifs is 4. The lowest BCUT2D eigenvalue weighted by atomic mass is 9.84. The number of nitrogens with one attached hydrogen (secondary N) is 1. The van der Waals surface area contributed by atoms with Crippen LogP contribution in [0.3, 0.4) is 0 Å². The number of carbonyl (C=O) groups excluding carboxylic acids is 4. The number of ether oxygens (including phenoxy) is 5. The Morgan fingerprint density at radius 1 is 1.23 bits per heavy atom. The number of esters is 1. The molecule has 3 amide bonds. The number of anilines is 1. The number of rotatable bonds is 5. The Morgan fingerprint density at radius 3 is 2.58 bits per heavy atom. The third kappa shape index (κ3) is 6.42. The standard InChI is InChI=1S/C35H46ClN3O9/c1-19-11-10-12-35(45-9)18-34(35)17-26(46-32(43)37-34)20(2)30-33(5,48-30)27(47-31(42)21(3)38(6)22(4)40)16-28(41)39(7)24-14-23(13-19)15-25(44-8)29(24)36/h10-12,14-15,20-21,26-27,30H,13,16-18H2,1-9H3,(H,37,43). The maximum Gasteiger partial charge on any atom is 0.407 e. The molecule has 1 saturated carbocycles. The van der Waals surface area contributed by atoms with Gasteiger partial charge in [0.15, 0.2) is 0 Å². The molecular formula is C35H46ClN3O9. The molecule has 1 aromatic rings. The molecule has 13 heteroatoms. The molecule has 48 heavy (non-hydrogen) atoms. The highest BCUT2D eigenvalue weighted by Gasteiger charge is 2.72. The van der Waals surface area contributed by atoms with Crippen molar-refractivity contribution in [3.8, 4) is 5.75 Å². The van der Waals surface area contributed by atoms with E-state index >= 15 is 0 Å². The van der Waals surface area contributed by atoms with E-state index in [9.17, 15) is 19.2 Å². The highest BCUT2D eigenvalue weighted by atomic mass is 35.5. The highest BCUT2D eigenvalue weighted by Crippen LogP contribution is 2.58. The van der Waals surface area contributed by atoms with E-state index in [0.717, 1.165) is 11.1 Å². The summed E-state index contributed by atoms with van der Waals surface area (Å²) < 4.78 is 29.7. The van der Waals surface area contributed by atoms with Gasteiger partial charge in [-0.1, -0.05) is 42.3 Å². The Labute approximate surface area is 286 Å². The van der Waals surface area contributed by atoms with E-state index in [4.69, 9.17) is 35.3 Å². The minimum atomic E-state index is -1.10. The lowest BCUT2D eigenvalue weighted by Gasteiger charge is -2.36. The molecule has 1 aliphatic carbocycles. The first-order chi connectivity index (χ1) is 22.5. The van der Waals surface area contributed by atoms with Gasteiger partial charge in [-0.2, -0.15) is 0 Å². The maximum absolute atomic E-state index is 14.0. The molecule has 4 aliphatic rings. The quantitative estimate of drug-likeness (QED) is 0.354. The molecule has 4 bridgehead atoms. The van der Waals surface area contributed by atoms with Crippen LogP contribution in [0.5, 0.6) is 5.75 Å². The van der Waals surface area contributed by atoms with Crippen molar-refractivity contribution in [3.63, 3.8) is 0 Å². The first-order valence-electron chi connectivity index (χ1n) is 16.1. The van der Waals surface area contributed by atoms with Gasteiger partial charge in [-0.3, -0.25) is 9.59 Å². The van der Waals surface area contributed by atoms with Gasteiger partial charge < -0.3 is 38.8 Å². The van der Waals surface area contributed by atoms with Crippen molar-refractivity contribution in [3.05, 3.63) is 46.5 Å². The Kier molecular flexibility index (Phi) is 9.68. The number of benzene rings is 1. The Bertz CT molecular complexity index is 1560. The first kappa shape index (κ1) is 35.7. The van der Waals surface area contributed by atoms with Crippen molar-refractivity contribution in [2.75, 3.05) is 33.2 Å². The average molecular weight is 688 g/mol. The largest absolute Gasteiger partial charge is 0.495 e. The normalized spacial score (nSPS) is 33.6. The Morgan fingerprint density at radius 2 is 1.94 bits per heavy atom. The molecule has 2 saturated heterocycles. The molecule has 8 atom stereocenters. The van der Waals surface area contributed by atoms with Gasteiger partial charge in [0.1, 0.15) is 40.2 Å². The molecule has 1 aromatic carbocycles. The third-order valence-corrected chi connectivity index (χ3v) is 11.0. The first-order valence-corrected chi connectivity index (χ1v) is 16.5. The monoisotopic (exact) mass is 687 g/mol. The van der Waals surface area contributed by atoms with E-state index in [2.05, 4.69) is 5.32 Å². The molecule has 0 aromatic heterocycles. The van der Waals surface area contributed by atoms with Crippen LogP contribution in [0.4, 0.5) is 10.5 Å². The van der Waals surface area contributed by atoms with Crippen LogP contribution in [0.15, 0.2) is 35.9 Å². The molecule has 3 aliphatic heterocycles. The van der Waals surface area contributed by atoms with E-state index in [0.29, 0.717) is 30.7 Å². The Balaban J connectivity index is 1.56. The molecule has 5 rings (SSSR count). The van der Waals surface area contributed by atoms with Crippen molar-refractivity contribution in [2.24, 2.45) is 5.92 Å². The minimum absolute atomic E-state index is 0.243. The predicted molar refractivity (Wildman–Crippen MR) is 178 cm³/mol. The zero-order valence-corrected chi connectivity index (χ0v) is 29.8. The summed E-state index contributed by atoms with van der Waals surface area (Å²) in [6, 6.07) is 2.76. The number of alkyl carbamates (subject to hydrolysis) is 1. The second-order valence-electron chi connectivity index (χ2n) is 13.8. The van der Waals surface area contributed by atoms with Gasteiger partial charge in [-0.05, 0) is 44.9 Å². The van der Waals surface area contributed by atoms with Crippen molar-refractivity contribution in [1.29, 1.82) is 0 Å². The molecule has 8 unspecified atom stereocenters. The molecule has 3 heterocycles. The zero-order chi connectivity index (χ0) is 35.3. The summed E-state index contributed by atoms with van der Waals surface area (Å²) in [5.74, 6) is -1.29. The average Bonchev–Trinajstić information content (AvgIpc) is 3.90. The number of halogens is 1. The summed E-state index contributed by atoms with van der Waals surface area (Å²) in [6.45, 7) is 8.61. The number of hydrogen-bond acceptors (Lipinski definition) is 9. The number of allylic oxidation sites excluding steroid dienone is 3. The van der Waals surface area contributed by atoms with Gasteiger partial charge in [0.2, 0.25) is 11.8 Å². The fraction of sp³-hybridized carbons (Fsp3) is 0.600. The number of carbonyl (C=O) groups is 4. The third-order valence-electron chi connectivity index (χ3n) is 10.7. The summed E-state index contributed by atoms with van der Waals surface area (Å²) >= 11 is 6.74. The van der Waals surface area contributed by atoms with Crippen molar-refractivity contribution in [1.82, 2.24) is 10.2 Å². The topological polar surface area (TPSA) is 136 Å². The number of epoxide rings is 1. The van der Waals surface area contributed by atoms with Crippen LogP contribution in [0, 0.1) is 5.92 Å². The number of methoxy groups -OCH3 is 2. The second kappa shape index (κ2) is 13.0. The molecule has 0 radical (unpaired) electrons. The molecule has 3 fully saturated rings. The summed E-state index contributed by atoms with van der Waals surface area (Å²) in [5.41, 5.74) is -0.161. The van der Waals surface area contributed by atoms with E-state index in [-0.39, 0.29) is 29.2 Å². The smallest absolute Gasteiger partial charge is 0.407 e. The molecule has 1 spiro atoms. The van der Waals surface area contributed by atoms with Crippen LogP contribution in [-0.4, -0.2) is 98.2 Å². The van der Waals surface area contributed by atoms with E-state index in [1.165, 1.54) is 30.9 Å². The summed E-state index contributed by atoms with van der Waals surface area (Å²) in [4.78, 5) is 55.1. The summed E-state index contributed by atoms with van der Waals surface area (Å²) in [7, 11) is 6.25. The fourth-order valence-electron chi connectivity index (χ4n) is 7.11. The summed E-state index contributed by atoms with van der Waals surface area (Å²) in [5, 5.41) is 3.27. The highest BCUT2D eigenvalue weighted by molar-refractivity contribution is 6.35. The minimum Gasteiger partial charge on any atom is -0.495 e. The van der Waals surface area contributed by atoms with Gasteiger partial charge in [0.25, 0.3) is 0 Å². The lowest BCUT2D eigenvalue weighted by molar-refractivity contribution is -0.161. The van der Waals surface area contributed by atoms with Gasteiger partial charge in [0, 0.05) is 46.9 Å². The number of hydrogen-bond donors (Lipinski definition) is 1. The van der Waals surface area contributed by atoms with Crippen LogP contribution in [-0.2, 0) is 39.8 Å². The van der Waals surface area contributed by atoms with E-state index < -0.39 is 53.2 Å². The number of nitrogens with zero attached hydrogens (tertiary/aromatic N) is 2. The van der Waals surface area contributed by atoms with E-state index in [1.807, 2.05) is 44.2 Å². The van der Waals surface area contributed by atoms with Gasteiger partial charge >= 0.3 is 12.1 Å². The van der Waals surface area contributed by atoms with Crippen LogP contribution in [0.2, 0.25) is 5.02 Å². The molecule has 1 N–H and O–H groups in total. The van der Waals surface area contributed by atoms with Crippen molar-refractivity contribution >= 4 is 41.2 Å². The van der Waals surface area contributed by atoms with Gasteiger partial charge in [-0.15, -0.1) is 0 Å². The SMILES string of the molecule is COc1cc2cc(c1Cl)N(C)C(=O)CC(OC(=O)C(C)N(C)C(C)=O)C1(C)OC1C(C)C1CC3(CC3(OC)C=CC=C(C)C2)NC(=O)O1. The fourth-order valence-corrected chi connectivity index (χ4v) is 7.42. The lowest BCUT2D eigenvalue weighted by Crippen LogP contribution is -2.54. The predicted octanol–water partition coefficient (Wildman–Crippen LogP) is 4.36. The molecule has 12 nitrogen and oxygen atoms in total. The van der Waals surface area contributed by atoms with Crippen LogP contribution in [0.1, 0.15) is 59.4 Å². The van der Waals surface area contributed by atoms with Crippen molar-refractivity contribution < 1.29 is 42.9 Å².